The van der Waals surface area contributed by atoms with Crippen molar-refractivity contribution in [2.75, 3.05) is 54.1 Å². The first-order chi connectivity index (χ1) is 24.6. The van der Waals surface area contributed by atoms with Gasteiger partial charge in [-0.1, -0.05) is 141 Å². The number of carbonyl (C=O) groups excluding carboxylic acids is 1. The number of ether oxygens (including phenoxy) is 2. The van der Waals surface area contributed by atoms with Crippen molar-refractivity contribution in [1.82, 2.24) is 0 Å². The number of rotatable bonds is 39. The Morgan fingerprint density at radius 3 is 1.57 bits per heavy atom. The monoisotopic (exact) mass is 745 g/mol. The number of allylic oxidation sites excluding steroid dienone is 4. The molecule has 2 atom stereocenters. The predicted octanol–water partition coefficient (Wildman–Crippen LogP) is 12.0. The minimum Gasteiger partial charge on any atom is -0.457 e. The van der Waals surface area contributed by atoms with Crippen molar-refractivity contribution < 1.29 is 37.3 Å². The number of nitrogens with zero attached hydrogens (tertiary/aromatic N) is 1. The largest absolute Gasteiger partial charge is 0.472 e. The molecule has 8 nitrogen and oxygen atoms in total. The van der Waals surface area contributed by atoms with E-state index in [1.54, 1.807) is 0 Å². The van der Waals surface area contributed by atoms with Crippen molar-refractivity contribution in [2.24, 2.45) is 0 Å². The van der Waals surface area contributed by atoms with Gasteiger partial charge in [-0.15, -0.1) is 0 Å². The average Bonchev–Trinajstić information content (AvgIpc) is 3.08. The highest BCUT2D eigenvalue weighted by molar-refractivity contribution is 7.47. The van der Waals surface area contributed by atoms with E-state index in [0.717, 1.165) is 51.4 Å². The van der Waals surface area contributed by atoms with Crippen LogP contribution in [0.25, 0.3) is 0 Å². The van der Waals surface area contributed by atoms with Crippen LogP contribution in [0.2, 0.25) is 0 Å². The van der Waals surface area contributed by atoms with Crippen LogP contribution in [0.1, 0.15) is 181 Å². The molecule has 0 fully saturated rings. The summed E-state index contributed by atoms with van der Waals surface area (Å²) in [6, 6.07) is 0. The summed E-state index contributed by atoms with van der Waals surface area (Å²) in [6.45, 7) is 5.55. The summed E-state index contributed by atoms with van der Waals surface area (Å²) >= 11 is 0. The fraction of sp³-hybridized carbons (Fsp3) is 0.881. The maximum absolute atomic E-state index is 12.6. The number of unbranched alkanes of at least 4 members (excludes halogenated alkanes) is 21. The zero-order valence-corrected chi connectivity index (χ0v) is 35.0. The zero-order valence-electron chi connectivity index (χ0n) is 34.1. The van der Waals surface area contributed by atoms with Crippen LogP contribution in [0.4, 0.5) is 0 Å². The Kier molecular flexibility index (Phi) is 35.3. The smallest absolute Gasteiger partial charge is 0.457 e. The van der Waals surface area contributed by atoms with E-state index in [4.69, 9.17) is 18.5 Å². The standard InChI is InChI=1S/C42H82NO7P/c1-6-8-10-12-14-16-18-19-20-21-22-23-24-25-26-28-30-32-34-37-47-39-41(40-49-51(45,46)48-38-36-43(3,4)5)50-42(44)35-33-31-29-27-17-15-13-11-9-7-2/h11,13,20-21,41H,6-10,12,14-19,22-40H2,1-5H3/p+1/b13-11-,21-20-. The van der Waals surface area contributed by atoms with Gasteiger partial charge in [0, 0.05) is 13.0 Å². The van der Waals surface area contributed by atoms with Gasteiger partial charge in [0.1, 0.15) is 19.3 Å². The van der Waals surface area contributed by atoms with Crippen LogP contribution in [0.15, 0.2) is 24.3 Å². The molecule has 51 heavy (non-hydrogen) atoms. The SMILES string of the molecule is CCC/C=C\CCCCCCCC(=O)OC(COCCCCCCCCCC/C=C\CCCCCCCCC)COP(=O)(O)OCC[N+](C)(C)C. The number of phosphoric ester groups is 1. The van der Waals surface area contributed by atoms with E-state index in [9.17, 15) is 14.3 Å². The first-order valence-electron chi connectivity index (χ1n) is 21.1. The topological polar surface area (TPSA) is 91.3 Å². The van der Waals surface area contributed by atoms with Gasteiger partial charge >= 0.3 is 13.8 Å². The third-order valence-electron chi connectivity index (χ3n) is 8.97. The van der Waals surface area contributed by atoms with Gasteiger partial charge in [0.2, 0.25) is 0 Å². The summed E-state index contributed by atoms with van der Waals surface area (Å²) in [5.74, 6) is -0.326. The fourth-order valence-corrected chi connectivity index (χ4v) is 6.41. The molecule has 0 aromatic carbocycles. The Labute approximate surface area is 315 Å². The lowest BCUT2D eigenvalue weighted by Gasteiger charge is -2.24. The minimum absolute atomic E-state index is 0.0873. The Balaban J connectivity index is 4.17. The van der Waals surface area contributed by atoms with Crippen LogP contribution in [-0.4, -0.2) is 75.6 Å². The van der Waals surface area contributed by atoms with E-state index in [0.29, 0.717) is 24.1 Å². The molecule has 0 amide bonds. The van der Waals surface area contributed by atoms with Gasteiger partial charge < -0.3 is 18.9 Å². The molecule has 0 bridgehead atoms. The lowest BCUT2D eigenvalue weighted by Crippen LogP contribution is -2.37. The first-order valence-corrected chi connectivity index (χ1v) is 22.6. The van der Waals surface area contributed by atoms with E-state index in [1.165, 1.54) is 109 Å². The fourth-order valence-electron chi connectivity index (χ4n) is 5.67. The normalized spacial score (nSPS) is 14.1. The maximum Gasteiger partial charge on any atom is 0.472 e. The number of carbonyl (C=O) groups is 1. The van der Waals surface area contributed by atoms with Crippen molar-refractivity contribution in [3.8, 4) is 0 Å². The summed E-state index contributed by atoms with van der Waals surface area (Å²) in [6.07, 6.45) is 39.3. The van der Waals surface area contributed by atoms with Crippen LogP contribution >= 0.6 is 7.82 Å². The summed E-state index contributed by atoms with van der Waals surface area (Å²) in [5, 5.41) is 0. The van der Waals surface area contributed by atoms with Gasteiger partial charge in [-0.05, 0) is 57.8 Å². The lowest BCUT2D eigenvalue weighted by molar-refractivity contribution is -0.870. The molecule has 0 aliphatic heterocycles. The Hall–Kier alpha value is -1.02. The Morgan fingerprint density at radius 2 is 1.06 bits per heavy atom. The number of likely N-dealkylation sites (N-methyl/N-ethyl adjacent to an activating group) is 1. The highest BCUT2D eigenvalue weighted by Gasteiger charge is 2.26. The second kappa shape index (κ2) is 36.0. The number of quaternary nitrogens is 1. The van der Waals surface area contributed by atoms with Crippen LogP contribution in [0.5, 0.6) is 0 Å². The van der Waals surface area contributed by atoms with Crippen LogP contribution in [-0.2, 0) is 27.9 Å². The Morgan fingerprint density at radius 1 is 0.588 bits per heavy atom. The zero-order chi connectivity index (χ0) is 37.7. The molecule has 302 valence electrons. The summed E-state index contributed by atoms with van der Waals surface area (Å²) in [7, 11) is 1.66. The van der Waals surface area contributed by atoms with Crippen LogP contribution < -0.4 is 0 Å². The maximum atomic E-state index is 12.6. The number of hydrogen-bond donors (Lipinski definition) is 1. The Bertz CT molecular complexity index is 874. The van der Waals surface area contributed by atoms with Gasteiger partial charge in [-0.3, -0.25) is 13.8 Å². The van der Waals surface area contributed by atoms with Crippen LogP contribution in [0, 0.1) is 0 Å². The molecule has 0 heterocycles. The van der Waals surface area contributed by atoms with E-state index in [2.05, 4.69) is 38.2 Å². The molecule has 0 aliphatic rings. The minimum atomic E-state index is -4.27. The van der Waals surface area contributed by atoms with E-state index in [1.807, 2.05) is 21.1 Å². The van der Waals surface area contributed by atoms with Gasteiger partial charge in [0.25, 0.3) is 0 Å². The molecule has 0 aromatic rings. The third kappa shape index (κ3) is 40.0. The number of esters is 1. The molecule has 0 saturated carbocycles. The second-order valence-corrected chi connectivity index (χ2v) is 16.8. The molecule has 0 rings (SSSR count). The third-order valence-corrected chi connectivity index (χ3v) is 9.95. The molecule has 2 unspecified atom stereocenters. The van der Waals surface area contributed by atoms with E-state index >= 15 is 0 Å². The average molecular weight is 745 g/mol. The number of phosphoric acid groups is 1. The predicted molar refractivity (Wildman–Crippen MR) is 215 cm³/mol. The quantitative estimate of drug-likeness (QED) is 0.0220. The summed E-state index contributed by atoms with van der Waals surface area (Å²) < 4.78 is 34.9. The van der Waals surface area contributed by atoms with E-state index < -0.39 is 13.9 Å². The summed E-state index contributed by atoms with van der Waals surface area (Å²) in [4.78, 5) is 22.8. The molecule has 9 heteroatoms. The molecule has 0 saturated heterocycles. The molecule has 0 radical (unpaired) electrons. The molecular formula is C42H83NO7P+. The van der Waals surface area contributed by atoms with E-state index in [-0.39, 0.29) is 25.8 Å². The van der Waals surface area contributed by atoms with Crippen molar-refractivity contribution in [3.63, 3.8) is 0 Å². The van der Waals surface area contributed by atoms with Crippen molar-refractivity contribution in [2.45, 2.75) is 187 Å². The second-order valence-electron chi connectivity index (χ2n) is 15.4. The highest BCUT2D eigenvalue weighted by atomic mass is 31.2. The van der Waals surface area contributed by atoms with Crippen molar-refractivity contribution in [1.29, 1.82) is 0 Å². The molecule has 0 aliphatic carbocycles. The van der Waals surface area contributed by atoms with Crippen molar-refractivity contribution >= 4 is 13.8 Å². The van der Waals surface area contributed by atoms with Gasteiger partial charge in [-0.25, -0.2) is 4.57 Å². The summed E-state index contributed by atoms with van der Waals surface area (Å²) in [5.41, 5.74) is 0. The first kappa shape index (κ1) is 50.0. The molecule has 0 spiro atoms. The lowest BCUT2D eigenvalue weighted by atomic mass is 10.1. The highest BCUT2D eigenvalue weighted by Crippen LogP contribution is 2.43. The molecule has 1 N–H and O–H groups in total. The van der Waals surface area contributed by atoms with Gasteiger partial charge in [0.05, 0.1) is 34.4 Å². The van der Waals surface area contributed by atoms with Gasteiger partial charge in [0.15, 0.2) is 0 Å². The van der Waals surface area contributed by atoms with Crippen LogP contribution in [0.3, 0.4) is 0 Å². The molecular weight excluding hydrogens is 661 g/mol. The van der Waals surface area contributed by atoms with Gasteiger partial charge in [-0.2, -0.15) is 0 Å². The number of hydrogen-bond acceptors (Lipinski definition) is 6. The van der Waals surface area contributed by atoms with Crippen molar-refractivity contribution in [3.05, 3.63) is 24.3 Å². The molecule has 0 aromatic heterocycles.